The van der Waals surface area contributed by atoms with Gasteiger partial charge in [-0.15, -0.1) is 22.9 Å². The second-order valence-electron chi connectivity index (χ2n) is 4.14. The first-order valence-corrected chi connectivity index (χ1v) is 7.38. The number of nitrogens with zero attached hydrogens (tertiary/aromatic N) is 1. The molecule has 20 heavy (non-hydrogen) atoms. The molecule has 0 aliphatic carbocycles. The van der Waals surface area contributed by atoms with E-state index in [0.29, 0.717) is 15.4 Å². The average molecular weight is 315 g/mol. The maximum atomic E-state index is 11.8. The van der Waals surface area contributed by atoms with Gasteiger partial charge in [0.1, 0.15) is 15.9 Å². The van der Waals surface area contributed by atoms with Crippen molar-refractivity contribution < 1.29 is 14.3 Å². The molecule has 0 aliphatic rings. The van der Waals surface area contributed by atoms with Crippen LogP contribution >= 0.6 is 22.9 Å². The molecule has 0 bridgehead atoms. The molecule has 0 saturated carbocycles. The van der Waals surface area contributed by atoms with E-state index in [4.69, 9.17) is 21.6 Å². The Morgan fingerprint density at radius 3 is 2.70 bits per heavy atom. The van der Waals surface area contributed by atoms with Gasteiger partial charge in [0.25, 0.3) is 0 Å². The number of amides is 1. The molecule has 1 heterocycles. The highest BCUT2D eigenvalue weighted by atomic mass is 35.5. The van der Waals surface area contributed by atoms with Crippen LogP contribution in [0.25, 0.3) is 0 Å². The molecular weight excluding hydrogens is 300 g/mol. The molecule has 108 valence electrons. The SMILES string of the molecule is CCOC(=O)c1sc(NC(=O)C(C)CCl)c(C#N)c1C. The Morgan fingerprint density at radius 2 is 2.20 bits per heavy atom. The molecule has 0 aliphatic heterocycles. The van der Waals surface area contributed by atoms with Gasteiger partial charge in [-0.05, 0) is 19.4 Å². The van der Waals surface area contributed by atoms with Gasteiger partial charge >= 0.3 is 5.97 Å². The first kappa shape index (κ1) is 16.5. The predicted octanol–water partition coefficient (Wildman–Crippen LogP) is 2.92. The van der Waals surface area contributed by atoms with Gasteiger partial charge in [0.05, 0.1) is 12.2 Å². The van der Waals surface area contributed by atoms with Crippen LogP contribution in [0.4, 0.5) is 5.00 Å². The Balaban J connectivity index is 3.09. The topological polar surface area (TPSA) is 79.2 Å². The fourth-order valence-corrected chi connectivity index (χ4v) is 2.63. The first-order chi connectivity index (χ1) is 9.46. The van der Waals surface area contributed by atoms with E-state index in [2.05, 4.69) is 5.32 Å². The number of halogens is 1. The Kier molecular flexibility index (Phi) is 5.99. The molecular formula is C13H15ClN2O3S. The van der Waals surface area contributed by atoms with Gasteiger partial charge in [-0.25, -0.2) is 4.79 Å². The number of carbonyl (C=O) groups is 2. The number of hydrogen-bond acceptors (Lipinski definition) is 5. The third-order valence-corrected chi connectivity index (χ3v) is 4.29. The van der Waals surface area contributed by atoms with Crippen LogP contribution in [0.15, 0.2) is 0 Å². The molecule has 0 saturated heterocycles. The summed E-state index contributed by atoms with van der Waals surface area (Å²) in [4.78, 5) is 23.9. The first-order valence-electron chi connectivity index (χ1n) is 6.03. The quantitative estimate of drug-likeness (QED) is 0.669. The molecule has 1 unspecified atom stereocenters. The van der Waals surface area contributed by atoms with E-state index in [1.54, 1.807) is 20.8 Å². The summed E-state index contributed by atoms with van der Waals surface area (Å²) >= 11 is 6.66. The van der Waals surface area contributed by atoms with Crippen LogP contribution in [0.1, 0.15) is 34.6 Å². The summed E-state index contributed by atoms with van der Waals surface area (Å²) in [6, 6.07) is 2.00. The minimum Gasteiger partial charge on any atom is -0.462 e. The Labute approximate surface area is 126 Å². The summed E-state index contributed by atoms with van der Waals surface area (Å²) < 4.78 is 4.92. The van der Waals surface area contributed by atoms with Gasteiger partial charge in [-0.1, -0.05) is 6.92 Å². The van der Waals surface area contributed by atoms with E-state index in [1.807, 2.05) is 6.07 Å². The molecule has 1 amide bonds. The lowest BCUT2D eigenvalue weighted by Gasteiger charge is -2.07. The van der Waals surface area contributed by atoms with E-state index in [-0.39, 0.29) is 29.9 Å². The van der Waals surface area contributed by atoms with Crippen molar-refractivity contribution in [3.63, 3.8) is 0 Å². The summed E-state index contributed by atoms with van der Waals surface area (Å²) in [6.07, 6.45) is 0. The lowest BCUT2D eigenvalue weighted by Crippen LogP contribution is -2.21. The van der Waals surface area contributed by atoms with Crippen molar-refractivity contribution in [3.05, 3.63) is 16.0 Å². The van der Waals surface area contributed by atoms with Crippen molar-refractivity contribution in [1.29, 1.82) is 5.26 Å². The normalized spacial score (nSPS) is 11.6. The van der Waals surface area contributed by atoms with E-state index in [0.717, 1.165) is 11.3 Å². The lowest BCUT2D eigenvalue weighted by atomic mass is 10.1. The minimum atomic E-state index is -0.489. The molecule has 1 atom stereocenters. The van der Waals surface area contributed by atoms with Crippen molar-refractivity contribution in [2.45, 2.75) is 20.8 Å². The number of hydrogen-bond donors (Lipinski definition) is 1. The number of carbonyl (C=O) groups excluding carboxylic acids is 2. The van der Waals surface area contributed by atoms with Gasteiger partial charge in [0, 0.05) is 11.8 Å². The van der Waals surface area contributed by atoms with E-state index in [9.17, 15) is 9.59 Å². The summed E-state index contributed by atoms with van der Waals surface area (Å²) in [5, 5.41) is 12.2. The molecule has 1 aromatic rings. The standard InChI is InChI=1S/C13H15ClN2O3S/c1-4-19-13(18)10-8(3)9(6-15)12(20-10)16-11(17)7(2)5-14/h7H,4-5H2,1-3H3,(H,16,17). The molecule has 1 N–H and O–H groups in total. The number of ether oxygens (including phenoxy) is 1. The summed E-state index contributed by atoms with van der Waals surface area (Å²) in [5.41, 5.74) is 0.804. The number of nitrogens with one attached hydrogen (secondary N) is 1. The largest absolute Gasteiger partial charge is 0.462 e. The second kappa shape index (κ2) is 7.27. The van der Waals surface area contributed by atoms with Crippen molar-refractivity contribution in [2.24, 2.45) is 5.92 Å². The number of alkyl halides is 1. The van der Waals surface area contributed by atoms with Crippen molar-refractivity contribution in [1.82, 2.24) is 0 Å². The zero-order chi connectivity index (χ0) is 15.3. The molecule has 5 nitrogen and oxygen atoms in total. The average Bonchev–Trinajstić information content (AvgIpc) is 2.74. The van der Waals surface area contributed by atoms with Crippen LogP contribution in [0.3, 0.4) is 0 Å². The molecule has 0 radical (unpaired) electrons. The lowest BCUT2D eigenvalue weighted by molar-refractivity contribution is -0.118. The molecule has 7 heteroatoms. The zero-order valence-electron chi connectivity index (χ0n) is 11.4. The minimum absolute atomic E-state index is 0.183. The highest BCUT2D eigenvalue weighted by Gasteiger charge is 2.23. The van der Waals surface area contributed by atoms with Crippen molar-refractivity contribution >= 4 is 39.8 Å². The number of anilines is 1. The number of esters is 1. The monoisotopic (exact) mass is 314 g/mol. The summed E-state index contributed by atoms with van der Waals surface area (Å²) in [5.74, 6) is -0.967. The maximum Gasteiger partial charge on any atom is 0.348 e. The van der Waals surface area contributed by atoms with E-state index in [1.165, 1.54) is 0 Å². The van der Waals surface area contributed by atoms with E-state index < -0.39 is 5.97 Å². The van der Waals surface area contributed by atoms with Gasteiger partial charge < -0.3 is 10.1 Å². The van der Waals surface area contributed by atoms with Crippen LogP contribution in [0, 0.1) is 24.2 Å². The Bertz CT molecular complexity index is 563. The van der Waals surface area contributed by atoms with Crippen molar-refractivity contribution in [3.8, 4) is 6.07 Å². The van der Waals surface area contributed by atoms with Crippen LogP contribution in [0.5, 0.6) is 0 Å². The van der Waals surface area contributed by atoms with Gasteiger partial charge in [0.15, 0.2) is 0 Å². The highest BCUT2D eigenvalue weighted by Crippen LogP contribution is 2.33. The van der Waals surface area contributed by atoms with Crippen molar-refractivity contribution in [2.75, 3.05) is 17.8 Å². The Morgan fingerprint density at radius 1 is 1.55 bits per heavy atom. The highest BCUT2D eigenvalue weighted by molar-refractivity contribution is 7.18. The maximum absolute atomic E-state index is 11.8. The zero-order valence-corrected chi connectivity index (χ0v) is 13.0. The summed E-state index contributed by atoms with van der Waals surface area (Å²) in [7, 11) is 0. The third-order valence-electron chi connectivity index (χ3n) is 2.64. The number of nitriles is 1. The van der Waals surface area contributed by atoms with E-state index >= 15 is 0 Å². The summed E-state index contributed by atoms with van der Waals surface area (Å²) in [6.45, 7) is 5.29. The van der Waals surface area contributed by atoms with Crippen LogP contribution in [-0.4, -0.2) is 24.4 Å². The fraction of sp³-hybridized carbons (Fsp3) is 0.462. The second-order valence-corrected chi connectivity index (χ2v) is 5.47. The van der Waals surface area contributed by atoms with Gasteiger partial charge in [-0.3, -0.25) is 4.79 Å². The molecule has 0 spiro atoms. The smallest absolute Gasteiger partial charge is 0.348 e. The molecule has 1 aromatic heterocycles. The van der Waals surface area contributed by atoms with Crippen LogP contribution < -0.4 is 5.32 Å². The number of thiophene rings is 1. The van der Waals surface area contributed by atoms with Crippen LogP contribution in [0.2, 0.25) is 0 Å². The molecule has 0 fully saturated rings. The van der Waals surface area contributed by atoms with Crippen LogP contribution in [-0.2, 0) is 9.53 Å². The third kappa shape index (κ3) is 3.50. The predicted molar refractivity (Wildman–Crippen MR) is 78.2 cm³/mol. The molecule has 1 rings (SSSR count). The molecule has 0 aromatic carbocycles. The van der Waals surface area contributed by atoms with Gasteiger partial charge in [0.2, 0.25) is 5.91 Å². The fourth-order valence-electron chi connectivity index (χ4n) is 1.43. The number of rotatable bonds is 5. The van der Waals surface area contributed by atoms with Gasteiger partial charge in [-0.2, -0.15) is 5.26 Å². The Hall–Kier alpha value is -1.58.